The minimum absolute atomic E-state index is 0.104. The van der Waals surface area contributed by atoms with Crippen LogP contribution in [0.25, 0.3) is 21.2 Å². The molecule has 0 aliphatic carbocycles. The average molecular weight is 549 g/mol. The molecule has 210 valence electrons. The Morgan fingerprint density at radius 2 is 1.46 bits per heavy atom. The van der Waals surface area contributed by atoms with Crippen LogP contribution in [-0.2, 0) is 22.4 Å². The Morgan fingerprint density at radius 3 is 2.10 bits per heavy atom. The molecule has 0 aliphatic rings. The van der Waals surface area contributed by atoms with Crippen LogP contribution in [0.15, 0.2) is 59.9 Å². The van der Waals surface area contributed by atoms with Crippen molar-refractivity contribution in [1.29, 1.82) is 0 Å². The lowest BCUT2D eigenvalue weighted by Gasteiger charge is -2.11. The van der Waals surface area contributed by atoms with E-state index in [2.05, 4.69) is 44.7 Å². The van der Waals surface area contributed by atoms with Gasteiger partial charge in [0, 0.05) is 16.3 Å². The van der Waals surface area contributed by atoms with Gasteiger partial charge in [0.1, 0.15) is 5.75 Å². The highest BCUT2D eigenvalue weighted by Crippen LogP contribution is 2.29. The van der Waals surface area contributed by atoms with E-state index >= 15 is 0 Å². The first kappa shape index (κ1) is 30.6. The van der Waals surface area contributed by atoms with Gasteiger partial charge in [0.15, 0.2) is 0 Å². The van der Waals surface area contributed by atoms with Crippen LogP contribution < -0.4 is 9.48 Å². The predicted molar refractivity (Wildman–Crippen MR) is 165 cm³/mol. The topological polar surface area (TPSA) is 52.6 Å². The third-order valence-corrected chi connectivity index (χ3v) is 8.15. The molecule has 39 heavy (non-hydrogen) atoms. The molecule has 0 bridgehead atoms. The van der Waals surface area contributed by atoms with Gasteiger partial charge in [-0.05, 0) is 72.0 Å². The summed E-state index contributed by atoms with van der Waals surface area (Å²) in [7, 11) is 0. The zero-order chi connectivity index (χ0) is 27.9. The number of unbranched alkanes of at least 4 members (excludes halogenated alkanes) is 9. The molecule has 0 aliphatic heterocycles. The average Bonchev–Trinajstić information content (AvgIpc) is 2.96. The molecule has 5 heteroatoms. The second-order valence-corrected chi connectivity index (χ2v) is 11.1. The van der Waals surface area contributed by atoms with Crippen molar-refractivity contribution < 1.29 is 14.3 Å². The Hall–Kier alpha value is -2.92. The standard InChI is InChI=1S/C34H44O4S/c1-4-26-17-20-30(27(5-2)23-26)31-24-28-18-19-29(25-32(28)39-34(31)36)37-21-15-13-11-9-7-8-10-12-14-16-22-38-33(35)6-3/h6,17-20,23-25H,3-5,7-16,21-22H2,1-2H3. The molecule has 0 spiro atoms. The number of hydrogen-bond acceptors (Lipinski definition) is 5. The second-order valence-electron chi connectivity index (χ2n) is 10.1. The number of carbonyl (C=O) groups is 1. The maximum absolute atomic E-state index is 13.0. The van der Waals surface area contributed by atoms with Crippen LogP contribution >= 0.6 is 11.3 Å². The smallest absolute Gasteiger partial charge is 0.330 e. The summed E-state index contributed by atoms with van der Waals surface area (Å²) in [6, 6.07) is 14.6. The minimum Gasteiger partial charge on any atom is -0.494 e. The van der Waals surface area contributed by atoms with Gasteiger partial charge in [-0.25, -0.2) is 4.79 Å². The van der Waals surface area contributed by atoms with E-state index in [9.17, 15) is 9.59 Å². The van der Waals surface area contributed by atoms with Crippen LogP contribution in [0, 0.1) is 0 Å². The normalized spacial score (nSPS) is 11.0. The molecule has 0 radical (unpaired) electrons. The molecule has 3 rings (SSSR count). The molecule has 0 saturated heterocycles. The van der Waals surface area contributed by atoms with Crippen LogP contribution in [0.5, 0.6) is 5.75 Å². The fourth-order valence-electron chi connectivity index (χ4n) is 4.83. The van der Waals surface area contributed by atoms with Crippen molar-refractivity contribution in [2.75, 3.05) is 13.2 Å². The lowest BCUT2D eigenvalue weighted by Crippen LogP contribution is -2.02. The molecule has 4 nitrogen and oxygen atoms in total. The first-order valence-corrected chi connectivity index (χ1v) is 15.5. The Balaban J connectivity index is 1.35. The summed E-state index contributed by atoms with van der Waals surface area (Å²) in [5.74, 6) is 0.510. The maximum Gasteiger partial charge on any atom is 0.330 e. The first-order chi connectivity index (χ1) is 19.0. The molecule has 2 aromatic carbocycles. The molecule has 0 fully saturated rings. The van der Waals surface area contributed by atoms with E-state index in [1.807, 2.05) is 18.2 Å². The first-order valence-electron chi connectivity index (χ1n) is 14.7. The van der Waals surface area contributed by atoms with Gasteiger partial charge < -0.3 is 9.47 Å². The van der Waals surface area contributed by atoms with Gasteiger partial charge in [0.2, 0.25) is 4.74 Å². The molecule has 0 saturated carbocycles. The Labute approximate surface area is 238 Å². The second kappa shape index (κ2) is 16.9. The van der Waals surface area contributed by atoms with E-state index in [0.29, 0.717) is 13.2 Å². The molecule has 1 aromatic heterocycles. The third kappa shape index (κ3) is 9.96. The van der Waals surface area contributed by atoms with Crippen LogP contribution in [-0.4, -0.2) is 19.2 Å². The summed E-state index contributed by atoms with van der Waals surface area (Å²) in [5.41, 5.74) is 4.40. The van der Waals surface area contributed by atoms with Crippen molar-refractivity contribution in [3.05, 3.63) is 75.8 Å². The van der Waals surface area contributed by atoms with Crippen molar-refractivity contribution in [3.8, 4) is 16.9 Å². The van der Waals surface area contributed by atoms with Crippen molar-refractivity contribution in [1.82, 2.24) is 0 Å². The van der Waals surface area contributed by atoms with Crippen molar-refractivity contribution in [3.63, 3.8) is 0 Å². The highest BCUT2D eigenvalue weighted by Gasteiger charge is 2.11. The molecule has 1 heterocycles. The van der Waals surface area contributed by atoms with Gasteiger partial charge in [-0.2, -0.15) is 0 Å². The number of rotatable bonds is 18. The quantitative estimate of drug-likeness (QED) is 0.0904. The van der Waals surface area contributed by atoms with Crippen molar-refractivity contribution in [2.45, 2.75) is 90.9 Å². The fraction of sp³-hybridized carbons (Fsp3) is 0.471. The minimum atomic E-state index is -0.329. The number of carbonyl (C=O) groups excluding carboxylic acids is 1. The van der Waals surface area contributed by atoms with E-state index in [4.69, 9.17) is 9.47 Å². The van der Waals surface area contributed by atoms with E-state index in [0.717, 1.165) is 59.1 Å². The van der Waals surface area contributed by atoms with Crippen LogP contribution in [0.4, 0.5) is 0 Å². The lowest BCUT2D eigenvalue weighted by molar-refractivity contribution is -0.137. The van der Waals surface area contributed by atoms with Crippen molar-refractivity contribution in [2.24, 2.45) is 0 Å². The monoisotopic (exact) mass is 548 g/mol. The molecule has 0 amide bonds. The molecule has 0 atom stereocenters. The summed E-state index contributed by atoms with van der Waals surface area (Å²) in [4.78, 5) is 24.0. The van der Waals surface area contributed by atoms with Gasteiger partial charge in [0.05, 0.1) is 13.2 Å². The van der Waals surface area contributed by atoms with Gasteiger partial charge in [-0.3, -0.25) is 4.79 Å². The molecular formula is C34H44O4S. The lowest BCUT2D eigenvalue weighted by atomic mass is 9.96. The highest BCUT2D eigenvalue weighted by atomic mass is 32.1. The number of fused-ring (bicyclic) bond motifs is 1. The Kier molecular flexibility index (Phi) is 13.3. The van der Waals surface area contributed by atoms with E-state index in [1.165, 1.54) is 73.5 Å². The van der Waals surface area contributed by atoms with Gasteiger partial charge >= 0.3 is 5.97 Å². The van der Waals surface area contributed by atoms with E-state index in [-0.39, 0.29) is 10.7 Å². The number of esters is 1. The zero-order valence-electron chi connectivity index (χ0n) is 23.8. The van der Waals surface area contributed by atoms with E-state index in [1.54, 1.807) is 0 Å². The van der Waals surface area contributed by atoms with E-state index < -0.39 is 0 Å². The number of ether oxygens (including phenoxy) is 2. The summed E-state index contributed by atoms with van der Waals surface area (Å²) in [6.07, 6.45) is 14.9. The molecule has 0 unspecified atom stereocenters. The fourth-order valence-corrected chi connectivity index (χ4v) is 5.73. The molecule has 0 N–H and O–H groups in total. The SMILES string of the molecule is C=CC(=O)OCCCCCCCCCCCCOc1ccc2cc(-c3ccc(CC)cc3CC)c(=O)sc2c1. The van der Waals surface area contributed by atoms with Crippen LogP contribution in [0.2, 0.25) is 0 Å². The zero-order valence-corrected chi connectivity index (χ0v) is 24.6. The van der Waals surface area contributed by atoms with Gasteiger partial charge in [-0.15, -0.1) is 0 Å². The number of benzene rings is 2. The van der Waals surface area contributed by atoms with Crippen LogP contribution in [0.1, 0.15) is 89.2 Å². The maximum atomic E-state index is 13.0. The summed E-state index contributed by atoms with van der Waals surface area (Å²) < 4.78 is 12.1. The molecule has 3 aromatic rings. The number of hydrogen-bond donors (Lipinski definition) is 0. The third-order valence-electron chi connectivity index (χ3n) is 7.17. The van der Waals surface area contributed by atoms with Crippen LogP contribution in [0.3, 0.4) is 0 Å². The number of aryl methyl sites for hydroxylation is 2. The predicted octanol–water partition coefficient (Wildman–Crippen LogP) is 9.06. The van der Waals surface area contributed by atoms with Crippen molar-refractivity contribution >= 4 is 27.4 Å². The summed E-state index contributed by atoms with van der Waals surface area (Å²) >= 11 is 1.31. The summed E-state index contributed by atoms with van der Waals surface area (Å²) in [6.45, 7) is 8.91. The highest BCUT2D eigenvalue weighted by molar-refractivity contribution is 7.16. The summed E-state index contributed by atoms with van der Waals surface area (Å²) in [5, 5.41) is 1.08. The largest absolute Gasteiger partial charge is 0.494 e. The van der Waals surface area contributed by atoms with Gasteiger partial charge in [-0.1, -0.05) is 101 Å². The molecular weight excluding hydrogens is 504 g/mol. The van der Waals surface area contributed by atoms with Gasteiger partial charge in [0.25, 0.3) is 0 Å². The Morgan fingerprint density at radius 1 is 0.795 bits per heavy atom. The Bertz CT molecular complexity index is 1260.